The molecule has 0 spiro atoms. The fourth-order valence-corrected chi connectivity index (χ4v) is 1.77. The molecule has 0 saturated carbocycles. The summed E-state index contributed by atoms with van der Waals surface area (Å²) in [7, 11) is 1.39. The van der Waals surface area contributed by atoms with E-state index in [1.54, 1.807) is 0 Å². The Morgan fingerprint density at radius 2 is 1.89 bits per heavy atom. The Bertz CT molecular complexity index is 597. The fourth-order valence-electron chi connectivity index (χ4n) is 1.77. The average Bonchev–Trinajstić information content (AvgIpc) is 2.37. The number of hydrogen-bond acceptors (Lipinski definition) is 3. The highest BCUT2D eigenvalue weighted by molar-refractivity contribution is 5.71. The van der Waals surface area contributed by atoms with Crippen LogP contribution in [0.15, 0.2) is 36.5 Å². The molecule has 0 unspecified atom stereocenters. The van der Waals surface area contributed by atoms with Crippen LogP contribution >= 0.6 is 0 Å². The number of nitrogen functional groups attached to an aromatic ring is 1. The third kappa shape index (κ3) is 2.62. The van der Waals surface area contributed by atoms with Crippen molar-refractivity contribution in [3.8, 4) is 17.0 Å². The van der Waals surface area contributed by atoms with Gasteiger partial charge in [0.25, 0.3) is 0 Å². The van der Waals surface area contributed by atoms with Gasteiger partial charge in [-0.25, -0.2) is 4.98 Å². The van der Waals surface area contributed by atoms with Crippen molar-refractivity contribution < 1.29 is 17.9 Å². The summed E-state index contributed by atoms with van der Waals surface area (Å²) in [5.41, 5.74) is 5.47. The molecule has 1 aromatic carbocycles. The molecule has 0 fully saturated rings. The summed E-state index contributed by atoms with van der Waals surface area (Å²) in [5, 5.41) is 0. The molecule has 2 rings (SSSR count). The molecule has 2 N–H and O–H groups in total. The molecule has 19 heavy (non-hydrogen) atoms. The van der Waals surface area contributed by atoms with Gasteiger partial charge in [-0.2, -0.15) is 13.2 Å². The molecular weight excluding hydrogens is 257 g/mol. The molecule has 0 bridgehead atoms. The average molecular weight is 268 g/mol. The minimum atomic E-state index is -4.43. The Labute approximate surface area is 107 Å². The van der Waals surface area contributed by atoms with Gasteiger partial charge in [0.05, 0.1) is 18.4 Å². The zero-order valence-electron chi connectivity index (χ0n) is 10.0. The third-order valence-corrected chi connectivity index (χ3v) is 2.62. The number of pyridine rings is 1. The predicted molar refractivity (Wildman–Crippen MR) is 65.6 cm³/mol. The summed E-state index contributed by atoms with van der Waals surface area (Å²) in [6.07, 6.45) is -3.12. The second kappa shape index (κ2) is 4.79. The lowest BCUT2D eigenvalue weighted by molar-refractivity contribution is -0.137. The molecule has 1 aromatic heterocycles. The van der Waals surface area contributed by atoms with E-state index in [1.807, 2.05) is 0 Å². The van der Waals surface area contributed by atoms with Crippen molar-refractivity contribution in [3.05, 3.63) is 42.1 Å². The standard InChI is InChI=1S/C13H11F3N2O/c1-19-12-11(17)6-8(7-18-12)9-4-2-3-5-10(9)13(14,15)16/h2-7H,17H2,1H3. The van der Waals surface area contributed by atoms with Crippen LogP contribution in [-0.2, 0) is 6.18 Å². The van der Waals surface area contributed by atoms with Gasteiger partial charge in [-0.05, 0) is 17.7 Å². The Balaban J connectivity index is 2.57. The number of hydrogen-bond donors (Lipinski definition) is 1. The Morgan fingerprint density at radius 3 is 2.47 bits per heavy atom. The first-order valence-electron chi connectivity index (χ1n) is 5.39. The van der Waals surface area contributed by atoms with Crippen molar-refractivity contribution in [1.29, 1.82) is 0 Å². The van der Waals surface area contributed by atoms with Crippen LogP contribution in [0.5, 0.6) is 5.88 Å². The van der Waals surface area contributed by atoms with Gasteiger partial charge >= 0.3 is 6.18 Å². The van der Waals surface area contributed by atoms with Crippen molar-refractivity contribution in [1.82, 2.24) is 4.98 Å². The topological polar surface area (TPSA) is 48.1 Å². The van der Waals surface area contributed by atoms with Gasteiger partial charge in [-0.15, -0.1) is 0 Å². The lowest BCUT2D eigenvalue weighted by atomic mass is 10.0. The second-order valence-corrected chi connectivity index (χ2v) is 3.87. The predicted octanol–water partition coefficient (Wildman–Crippen LogP) is 3.36. The highest BCUT2D eigenvalue weighted by atomic mass is 19.4. The van der Waals surface area contributed by atoms with Crippen molar-refractivity contribution in [2.24, 2.45) is 0 Å². The van der Waals surface area contributed by atoms with E-state index in [9.17, 15) is 13.2 Å². The molecule has 0 aliphatic carbocycles. The number of rotatable bonds is 2. The Hall–Kier alpha value is -2.24. The number of nitrogens with zero attached hydrogens (tertiary/aromatic N) is 1. The zero-order chi connectivity index (χ0) is 14.0. The van der Waals surface area contributed by atoms with E-state index < -0.39 is 11.7 Å². The van der Waals surface area contributed by atoms with Crippen LogP contribution in [0.3, 0.4) is 0 Å². The lowest BCUT2D eigenvalue weighted by Crippen LogP contribution is -2.07. The van der Waals surface area contributed by atoms with Crippen LogP contribution in [0, 0.1) is 0 Å². The maximum atomic E-state index is 12.9. The zero-order valence-corrected chi connectivity index (χ0v) is 10.0. The summed E-state index contributed by atoms with van der Waals surface area (Å²) in [6, 6.07) is 6.69. The number of halogens is 3. The fraction of sp³-hybridized carbons (Fsp3) is 0.154. The van der Waals surface area contributed by atoms with E-state index in [0.29, 0.717) is 5.56 Å². The van der Waals surface area contributed by atoms with Crippen LogP contribution < -0.4 is 10.5 Å². The molecule has 0 amide bonds. The summed E-state index contributed by atoms with van der Waals surface area (Å²) < 4.78 is 43.6. The van der Waals surface area contributed by atoms with Crippen LogP contribution in [0.2, 0.25) is 0 Å². The van der Waals surface area contributed by atoms with Gasteiger partial charge in [0, 0.05) is 11.8 Å². The third-order valence-electron chi connectivity index (χ3n) is 2.62. The van der Waals surface area contributed by atoms with Crippen molar-refractivity contribution in [2.75, 3.05) is 12.8 Å². The molecule has 3 nitrogen and oxygen atoms in total. The van der Waals surface area contributed by atoms with E-state index in [1.165, 1.54) is 37.6 Å². The molecule has 0 aliphatic rings. The number of benzene rings is 1. The number of ether oxygens (including phenoxy) is 1. The monoisotopic (exact) mass is 268 g/mol. The van der Waals surface area contributed by atoms with E-state index in [4.69, 9.17) is 10.5 Å². The SMILES string of the molecule is COc1ncc(-c2ccccc2C(F)(F)F)cc1N. The van der Waals surface area contributed by atoms with Gasteiger partial charge in [0.15, 0.2) is 0 Å². The summed E-state index contributed by atoms with van der Waals surface area (Å²) in [6.45, 7) is 0. The van der Waals surface area contributed by atoms with Crippen LogP contribution in [0.1, 0.15) is 5.56 Å². The molecule has 1 heterocycles. The van der Waals surface area contributed by atoms with Gasteiger partial charge in [-0.3, -0.25) is 0 Å². The first kappa shape index (κ1) is 13.2. The smallest absolute Gasteiger partial charge is 0.417 e. The van der Waals surface area contributed by atoms with E-state index in [2.05, 4.69) is 4.98 Å². The number of aromatic nitrogens is 1. The molecule has 6 heteroatoms. The van der Waals surface area contributed by atoms with Crippen LogP contribution in [0.25, 0.3) is 11.1 Å². The van der Waals surface area contributed by atoms with Gasteiger partial charge in [0.1, 0.15) is 0 Å². The molecule has 2 aromatic rings. The minimum Gasteiger partial charge on any atom is -0.480 e. The molecule has 0 radical (unpaired) electrons. The molecular formula is C13H11F3N2O. The van der Waals surface area contributed by atoms with E-state index in [0.717, 1.165) is 6.07 Å². The lowest BCUT2D eigenvalue weighted by Gasteiger charge is -2.13. The maximum Gasteiger partial charge on any atom is 0.417 e. The normalized spacial score (nSPS) is 11.4. The van der Waals surface area contributed by atoms with Gasteiger partial charge in [-0.1, -0.05) is 18.2 Å². The quantitative estimate of drug-likeness (QED) is 0.908. The van der Waals surface area contributed by atoms with Gasteiger partial charge < -0.3 is 10.5 Å². The molecule has 100 valence electrons. The van der Waals surface area contributed by atoms with Crippen LogP contribution in [-0.4, -0.2) is 12.1 Å². The second-order valence-electron chi connectivity index (χ2n) is 3.87. The first-order chi connectivity index (χ1) is 8.93. The Morgan fingerprint density at radius 1 is 1.21 bits per heavy atom. The van der Waals surface area contributed by atoms with Crippen molar-refractivity contribution >= 4 is 5.69 Å². The van der Waals surface area contributed by atoms with Crippen molar-refractivity contribution in [2.45, 2.75) is 6.18 Å². The molecule has 0 saturated heterocycles. The molecule has 0 atom stereocenters. The summed E-state index contributed by atoms with van der Waals surface area (Å²) in [5.74, 6) is 0.188. The first-order valence-corrected chi connectivity index (χ1v) is 5.39. The summed E-state index contributed by atoms with van der Waals surface area (Å²) >= 11 is 0. The highest BCUT2D eigenvalue weighted by Crippen LogP contribution is 2.37. The largest absolute Gasteiger partial charge is 0.480 e. The number of alkyl halides is 3. The maximum absolute atomic E-state index is 12.9. The van der Waals surface area contributed by atoms with Crippen molar-refractivity contribution in [3.63, 3.8) is 0 Å². The van der Waals surface area contributed by atoms with E-state index >= 15 is 0 Å². The molecule has 0 aliphatic heterocycles. The highest BCUT2D eigenvalue weighted by Gasteiger charge is 2.33. The number of anilines is 1. The minimum absolute atomic E-state index is 0.0388. The summed E-state index contributed by atoms with van der Waals surface area (Å²) in [4.78, 5) is 3.88. The van der Waals surface area contributed by atoms with E-state index in [-0.39, 0.29) is 17.1 Å². The Kier molecular flexibility index (Phi) is 3.33. The number of methoxy groups -OCH3 is 1. The number of nitrogens with two attached hydrogens (primary N) is 1. The van der Waals surface area contributed by atoms with Gasteiger partial charge in [0.2, 0.25) is 5.88 Å². The van der Waals surface area contributed by atoms with Crippen LogP contribution in [0.4, 0.5) is 18.9 Å².